The summed E-state index contributed by atoms with van der Waals surface area (Å²) in [4.78, 5) is 24.9. The maximum atomic E-state index is 12.5. The summed E-state index contributed by atoms with van der Waals surface area (Å²) in [5.74, 6) is -1.04. The number of esters is 1. The number of ether oxygens (including phenoxy) is 1. The molecule has 0 aliphatic carbocycles. The molecular weight excluding hydrogens is 396 g/mol. The van der Waals surface area contributed by atoms with Crippen molar-refractivity contribution in [1.82, 2.24) is 15.0 Å². The van der Waals surface area contributed by atoms with Crippen LogP contribution in [0.5, 0.6) is 0 Å². The largest absolute Gasteiger partial charge is 0.451 e. The van der Waals surface area contributed by atoms with E-state index in [0.29, 0.717) is 23.3 Å². The number of rotatable bonds is 7. The average Bonchev–Trinajstić information content (AvgIpc) is 3.09. The highest BCUT2D eigenvalue weighted by Crippen LogP contribution is 2.17. The Morgan fingerprint density at radius 3 is 2.41 bits per heavy atom. The van der Waals surface area contributed by atoms with Crippen LogP contribution in [0.15, 0.2) is 42.5 Å². The molecule has 152 valence electrons. The Labute approximate surface area is 167 Å². The van der Waals surface area contributed by atoms with E-state index in [4.69, 9.17) is 4.74 Å². The van der Waals surface area contributed by atoms with E-state index in [1.54, 1.807) is 22.9 Å². The van der Waals surface area contributed by atoms with Gasteiger partial charge in [0.15, 0.2) is 6.10 Å². The molecule has 1 aromatic heterocycles. The molecule has 0 bridgehead atoms. The second-order valence-electron chi connectivity index (χ2n) is 6.47. The molecule has 1 N–H and O–H groups in total. The molecule has 0 spiro atoms. The Balaban J connectivity index is 1.69. The first kappa shape index (κ1) is 20.5. The van der Waals surface area contributed by atoms with E-state index >= 15 is 0 Å². The van der Waals surface area contributed by atoms with Crippen molar-refractivity contribution < 1.29 is 22.7 Å². The molecule has 3 rings (SSSR count). The lowest BCUT2D eigenvalue weighted by Gasteiger charge is -2.13. The summed E-state index contributed by atoms with van der Waals surface area (Å²) in [6, 6.07) is 10.8. The van der Waals surface area contributed by atoms with E-state index < -0.39 is 27.9 Å². The number of aryl methyl sites for hydroxylation is 1. The number of nitrogens with zero attached hydrogens (tertiary/aromatic N) is 3. The van der Waals surface area contributed by atoms with Crippen LogP contribution in [0.4, 0.5) is 5.69 Å². The third-order valence-corrected chi connectivity index (χ3v) is 4.78. The highest BCUT2D eigenvalue weighted by atomic mass is 32.2. The predicted octanol–water partition coefficient (Wildman–Crippen LogP) is 2.25. The van der Waals surface area contributed by atoms with Crippen molar-refractivity contribution in [3.05, 3.63) is 53.6 Å². The van der Waals surface area contributed by atoms with Gasteiger partial charge in [0.1, 0.15) is 5.52 Å². The van der Waals surface area contributed by atoms with Gasteiger partial charge in [0, 0.05) is 17.8 Å². The minimum Gasteiger partial charge on any atom is -0.451 e. The van der Waals surface area contributed by atoms with Gasteiger partial charge < -0.3 is 4.74 Å². The van der Waals surface area contributed by atoms with E-state index in [2.05, 4.69) is 15.0 Å². The van der Waals surface area contributed by atoms with Crippen LogP contribution in [-0.4, -0.2) is 47.5 Å². The molecule has 0 saturated heterocycles. The van der Waals surface area contributed by atoms with Gasteiger partial charge in [0.25, 0.3) is 0 Å². The molecule has 10 heteroatoms. The van der Waals surface area contributed by atoms with Crippen LogP contribution in [0, 0.1) is 0 Å². The van der Waals surface area contributed by atoms with Crippen molar-refractivity contribution in [2.45, 2.75) is 26.5 Å². The molecule has 0 fully saturated rings. The Bertz CT molecular complexity index is 1170. The average molecular weight is 416 g/mol. The molecule has 29 heavy (non-hydrogen) atoms. The number of aromatic nitrogens is 3. The van der Waals surface area contributed by atoms with Crippen LogP contribution in [0.3, 0.4) is 0 Å². The van der Waals surface area contributed by atoms with Crippen LogP contribution >= 0.6 is 0 Å². The molecule has 0 amide bonds. The van der Waals surface area contributed by atoms with Gasteiger partial charge in [0.2, 0.25) is 15.8 Å². The normalized spacial score (nSPS) is 12.5. The number of carbonyl (C=O) groups excluding carboxylic acids is 2. The molecule has 1 atom stereocenters. The van der Waals surface area contributed by atoms with Crippen LogP contribution in [0.1, 0.15) is 34.6 Å². The van der Waals surface area contributed by atoms with Crippen LogP contribution in [0.25, 0.3) is 11.0 Å². The fourth-order valence-corrected chi connectivity index (χ4v) is 3.33. The third kappa shape index (κ3) is 4.77. The van der Waals surface area contributed by atoms with Crippen LogP contribution in [-0.2, 0) is 21.3 Å². The zero-order chi connectivity index (χ0) is 21.2. The lowest BCUT2D eigenvalue weighted by atomic mass is 10.1. The second kappa shape index (κ2) is 8.00. The Morgan fingerprint density at radius 1 is 1.14 bits per heavy atom. The van der Waals surface area contributed by atoms with Gasteiger partial charge in [-0.15, -0.1) is 5.10 Å². The molecule has 1 heterocycles. The summed E-state index contributed by atoms with van der Waals surface area (Å²) in [5, 5.41) is 8.01. The summed E-state index contributed by atoms with van der Waals surface area (Å²) < 4.78 is 31.8. The monoisotopic (exact) mass is 416 g/mol. The SMILES string of the molecule is CCn1nnc2cc(C(=O)O[C@@H](C)C(=O)c3ccc(NS(C)(=O)=O)cc3)ccc21. The molecule has 3 aromatic rings. The van der Waals surface area contributed by atoms with Crippen LogP contribution < -0.4 is 4.72 Å². The van der Waals surface area contributed by atoms with Gasteiger partial charge in [-0.05, 0) is 56.3 Å². The maximum absolute atomic E-state index is 12.5. The molecular formula is C19H20N4O5S. The van der Waals surface area contributed by atoms with E-state index in [1.807, 2.05) is 6.92 Å². The summed E-state index contributed by atoms with van der Waals surface area (Å²) in [5.41, 5.74) is 2.27. The van der Waals surface area contributed by atoms with Crippen molar-refractivity contribution in [2.75, 3.05) is 11.0 Å². The molecule has 0 aliphatic rings. The fraction of sp³-hybridized carbons (Fsp3) is 0.263. The highest BCUT2D eigenvalue weighted by Gasteiger charge is 2.21. The van der Waals surface area contributed by atoms with Crippen molar-refractivity contribution in [1.29, 1.82) is 0 Å². The summed E-state index contributed by atoms with van der Waals surface area (Å²) in [6.45, 7) is 4.08. The lowest BCUT2D eigenvalue weighted by molar-refractivity contribution is 0.0319. The quantitative estimate of drug-likeness (QED) is 0.463. The summed E-state index contributed by atoms with van der Waals surface area (Å²) in [6.07, 6.45) is 0.0199. The van der Waals surface area contributed by atoms with Gasteiger partial charge in [-0.1, -0.05) is 5.21 Å². The van der Waals surface area contributed by atoms with Gasteiger partial charge in [-0.3, -0.25) is 9.52 Å². The molecule has 0 radical (unpaired) electrons. The smallest absolute Gasteiger partial charge is 0.338 e. The minimum atomic E-state index is -3.40. The summed E-state index contributed by atoms with van der Waals surface area (Å²) >= 11 is 0. The van der Waals surface area contributed by atoms with Gasteiger partial charge in [-0.2, -0.15) is 0 Å². The van der Waals surface area contributed by atoms with Gasteiger partial charge >= 0.3 is 5.97 Å². The second-order valence-corrected chi connectivity index (χ2v) is 8.22. The number of hydrogen-bond donors (Lipinski definition) is 1. The Kier molecular flexibility index (Phi) is 5.64. The zero-order valence-electron chi connectivity index (χ0n) is 16.1. The fourth-order valence-electron chi connectivity index (χ4n) is 2.77. The van der Waals surface area contributed by atoms with E-state index in [9.17, 15) is 18.0 Å². The number of benzene rings is 2. The number of Topliss-reactive ketones (excluding diaryl/α,β-unsaturated/α-hetero) is 1. The van der Waals surface area contributed by atoms with Gasteiger partial charge in [0.05, 0.1) is 17.3 Å². The first-order valence-electron chi connectivity index (χ1n) is 8.84. The highest BCUT2D eigenvalue weighted by molar-refractivity contribution is 7.92. The standard InChI is InChI=1S/C19H20N4O5S/c1-4-23-17-10-7-14(11-16(17)20-22-23)19(25)28-12(2)18(24)13-5-8-15(9-6-13)21-29(3,26)27/h5-12,21H,4H2,1-3H3/t12-/m0/s1. The van der Waals surface area contributed by atoms with E-state index in [0.717, 1.165) is 11.8 Å². The van der Waals surface area contributed by atoms with Crippen molar-refractivity contribution >= 4 is 38.5 Å². The number of ketones is 1. The van der Waals surface area contributed by atoms with Crippen molar-refractivity contribution in [2.24, 2.45) is 0 Å². The molecule has 2 aromatic carbocycles. The van der Waals surface area contributed by atoms with Crippen LogP contribution in [0.2, 0.25) is 0 Å². The molecule has 0 saturated carbocycles. The van der Waals surface area contributed by atoms with Crippen molar-refractivity contribution in [3.63, 3.8) is 0 Å². The zero-order valence-corrected chi connectivity index (χ0v) is 16.9. The predicted molar refractivity (Wildman–Crippen MR) is 107 cm³/mol. The molecule has 0 unspecified atom stereocenters. The molecule has 9 nitrogen and oxygen atoms in total. The number of nitrogens with one attached hydrogen (secondary N) is 1. The maximum Gasteiger partial charge on any atom is 0.338 e. The minimum absolute atomic E-state index is 0.271. The van der Waals surface area contributed by atoms with E-state index in [-0.39, 0.29) is 5.56 Å². The first-order valence-corrected chi connectivity index (χ1v) is 10.7. The number of hydrogen-bond acceptors (Lipinski definition) is 7. The Morgan fingerprint density at radius 2 is 1.79 bits per heavy atom. The summed E-state index contributed by atoms with van der Waals surface area (Å²) in [7, 11) is -3.40. The van der Waals surface area contributed by atoms with Gasteiger partial charge in [-0.25, -0.2) is 17.9 Å². The topological polar surface area (TPSA) is 120 Å². The Hall–Kier alpha value is -3.27. The third-order valence-electron chi connectivity index (χ3n) is 4.17. The number of carbonyl (C=O) groups is 2. The number of fused-ring (bicyclic) bond motifs is 1. The molecule has 0 aliphatic heterocycles. The number of anilines is 1. The lowest BCUT2D eigenvalue weighted by Crippen LogP contribution is -2.24. The van der Waals surface area contributed by atoms with Crippen molar-refractivity contribution in [3.8, 4) is 0 Å². The first-order chi connectivity index (χ1) is 13.7. The van der Waals surface area contributed by atoms with E-state index in [1.165, 1.54) is 31.2 Å². The number of sulfonamides is 1.